The van der Waals surface area contributed by atoms with Gasteiger partial charge in [-0.05, 0) is 185 Å². The van der Waals surface area contributed by atoms with E-state index in [4.69, 9.17) is 32.7 Å². The third kappa shape index (κ3) is 14.7. The summed E-state index contributed by atoms with van der Waals surface area (Å²) >= 11 is 3.43. The minimum absolute atomic E-state index is 0. The van der Waals surface area contributed by atoms with E-state index in [1.165, 1.54) is 63.9 Å². The summed E-state index contributed by atoms with van der Waals surface area (Å²) in [7, 11) is 2.40. The van der Waals surface area contributed by atoms with E-state index in [2.05, 4.69) is 68.3 Å². The van der Waals surface area contributed by atoms with Gasteiger partial charge in [-0.1, -0.05) is 57.6 Å². The zero-order valence-corrected chi connectivity index (χ0v) is 54.0. The number of nitrogens with one attached hydrogen (secondary N) is 1. The van der Waals surface area contributed by atoms with Crippen LogP contribution in [-0.4, -0.2) is 98.9 Å². The van der Waals surface area contributed by atoms with Gasteiger partial charge in [-0.2, -0.15) is 5.26 Å². The molecule has 8 aliphatic rings. The Balaban J connectivity index is 0.000000415. The van der Waals surface area contributed by atoms with Gasteiger partial charge in [-0.25, -0.2) is 9.97 Å². The van der Waals surface area contributed by atoms with E-state index in [9.17, 15) is 24.2 Å². The number of imidazole rings is 2. The van der Waals surface area contributed by atoms with Gasteiger partial charge in [0, 0.05) is 32.3 Å². The zero-order valence-electron chi connectivity index (χ0n) is 48.2. The zero-order chi connectivity index (χ0) is 54.1. The maximum absolute atomic E-state index is 13.4. The normalized spacial score (nSPS) is 39.0. The maximum atomic E-state index is 13.4. The van der Waals surface area contributed by atoms with Crippen LogP contribution < -0.4 is 108 Å². The second-order valence-corrected chi connectivity index (χ2v) is 24.8. The molecule has 0 saturated heterocycles. The number of ether oxygens (including phenoxy) is 2. The van der Waals surface area contributed by atoms with E-state index >= 15 is 0 Å². The number of rotatable bonds is 10. The monoisotopic (exact) mass is 1180 g/mol. The molecule has 15 nitrogen and oxygen atoms in total. The predicted molar refractivity (Wildman–Crippen MR) is 282 cm³/mol. The largest absolute Gasteiger partial charge is 1.00 e. The van der Waals surface area contributed by atoms with Crippen LogP contribution in [0.4, 0.5) is 10.2 Å². The molecule has 8 saturated carbocycles. The van der Waals surface area contributed by atoms with Crippen LogP contribution in [0.15, 0.2) is 25.0 Å². The number of ketones is 2. The molecular formula is C57H88BrFK2N6O9. The first kappa shape index (κ1) is 68.2. The Morgan fingerprint density at radius 1 is 0.868 bits per heavy atom. The first-order valence-electron chi connectivity index (χ1n) is 27.4. The molecule has 76 heavy (non-hydrogen) atoms. The summed E-state index contributed by atoms with van der Waals surface area (Å²) in [6, 6.07) is 2.05. The fraction of sp³-hybridized carbons (Fsp3) is 0.807. The van der Waals surface area contributed by atoms with Crippen molar-refractivity contribution in [3.8, 4) is 6.07 Å². The summed E-state index contributed by atoms with van der Waals surface area (Å²) in [4.78, 5) is 50.6. The third-order valence-electron chi connectivity index (χ3n) is 21.1. The van der Waals surface area contributed by atoms with Crippen LogP contribution in [0.5, 0.6) is 0 Å². The Labute approximate surface area is 549 Å². The van der Waals surface area contributed by atoms with Crippen LogP contribution in [0.25, 0.3) is 4.85 Å². The molecule has 0 amide bonds. The Bertz CT molecular complexity index is 2280. The predicted octanol–water partition coefficient (Wildman–Crippen LogP) is 4.08. The number of hydrogen-bond donors (Lipinski definition) is 3. The van der Waals surface area contributed by atoms with Gasteiger partial charge in [0.15, 0.2) is 17.8 Å². The van der Waals surface area contributed by atoms with Gasteiger partial charge >= 0.3 is 103 Å². The fourth-order valence-electron chi connectivity index (χ4n) is 17.7. The van der Waals surface area contributed by atoms with Crippen LogP contribution in [-0.2, 0) is 35.3 Å². The number of methoxy groups -OCH3 is 2. The van der Waals surface area contributed by atoms with E-state index < -0.39 is 18.4 Å². The molecule has 19 heteroatoms. The number of aromatic amines is 1. The summed E-state index contributed by atoms with van der Waals surface area (Å²) in [6.07, 6.45) is 26.3. The Hall–Kier alpha value is -0.307. The van der Waals surface area contributed by atoms with Gasteiger partial charge in [0.2, 0.25) is 5.82 Å². The van der Waals surface area contributed by atoms with Crippen molar-refractivity contribution in [3.63, 3.8) is 0 Å². The first-order valence-corrected chi connectivity index (χ1v) is 27.8. The van der Waals surface area contributed by atoms with Crippen molar-refractivity contribution >= 4 is 39.8 Å². The average Bonchev–Trinajstić information content (AvgIpc) is 4.21. The van der Waals surface area contributed by atoms with Crippen molar-refractivity contribution in [1.82, 2.24) is 19.5 Å². The molecule has 2 heterocycles. The summed E-state index contributed by atoms with van der Waals surface area (Å²) < 4.78 is 28.0. The number of Topliss-reactive ketones (excluding diaryl/α,β-unsaturated/α-hetero) is 2. The van der Waals surface area contributed by atoms with Crippen molar-refractivity contribution in [3.05, 3.63) is 42.2 Å². The van der Waals surface area contributed by atoms with E-state index in [0.29, 0.717) is 88.6 Å². The molecule has 3 N–H and O–H groups in total. The van der Waals surface area contributed by atoms with E-state index in [1.807, 2.05) is 6.07 Å². The maximum Gasteiger partial charge on any atom is 1.00 e. The molecule has 416 valence electrons. The number of aliphatic hydroxyl groups is 2. The van der Waals surface area contributed by atoms with Crippen LogP contribution in [0.2, 0.25) is 0 Å². The Kier molecular flexibility index (Phi) is 27.2. The number of nitriles is 1. The second kappa shape index (κ2) is 30.3. The summed E-state index contributed by atoms with van der Waals surface area (Å²) in [5.74, 6) is 7.13. The summed E-state index contributed by atoms with van der Waals surface area (Å²) in [6.45, 7) is 17.3. The summed E-state index contributed by atoms with van der Waals surface area (Å²) in [5, 5.41) is 40.0. The minimum atomic E-state index is -1.00. The van der Waals surface area contributed by atoms with Crippen LogP contribution >= 0.6 is 15.9 Å². The van der Waals surface area contributed by atoms with Crippen molar-refractivity contribution in [2.75, 3.05) is 39.9 Å². The standard InChI is InChI=1S/C27H39N3O3.C23H37BrO3.C4H3N3.CH3F.CH2O3.CH4.2K.H/c1-25-10-11-27(32,16-33-3)12-18(25)4-5-20-21-6-7-23(26(21,2)9-8-22(20)25)24(31)15-30-14-19(13-28)29-17-30;1-21-10-11-23(26,14-27-3)12-15(21)4-5-16-17-6-7-19(20(25)13-24)22(17,2)9-8-18(16)21;1-5-4-2-6-3-7-4;1-2;2-1-4-3;;;;/h14,17-18,20-23,32H,4-12,15-16H2,1-3H3;15-19,26H,4-14H2,1-3H3;2-3H,(H,6,7);1H3;1,3H;1H4;;;/q;;;;;;2*+1;-1/p-1/t18-,20-,21-,22-,23+,25-,26-,27+;15-,16-,17-,18-,19+,21-,22-,23+;;;;;;;/m00......./s1/i;;;1D;;;;;. The Morgan fingerprint density at radius 2 is 1.33 bits per heavy atom. The van der Waals surface area contributed by atoms with E-state index in [1.54, 1.807) is 31.3 Å². The smallest absolute Gasteiger partial charge is 1.00 e. The molecule has 0 unspecified atom stereocenters. The van der Waals surface area contributed by atoms with Crippen molar-refractivity contribution < 1.29 is 154 Å². The average molecular weight is 1180 g/mol. The molecule has 0 radical (unpaired) electrons. The van der Waals surface area contributed by atoms with Gasteiger partial charge < -0.3 is 40.7 Å². The molecule has 2 aromatic rings. The molecule has 0 aromatic carbocycles. The number of carbonyl (C=O) groups excluding carboxylic acids is 3. The Morgan fingerprint density at radius 3 is 1.70 bits per heavy atom. The molecule has 2 aromatic heterocycles. The second-order valence-electron chi connectivity index (χ2n) is 24.2. The molecule has 10 rings (SSSR count). The quantitative estimate of drug-likeness (QED) is 0.0767. The fourth-order valence-corrected chi connectivity index (χ4v) is 18.1. The van der Waals surface area contributed by atoms with Crippen LogP contribution in [0.1, 0.15) is 159 Å². The first-order chi connectivity index (χ1) is 35.3. The van der Waals surface area contributed by atoms with Crippen LogP contribution in [0, 0.1) is 98.7 Å². The topological polar surface area (TPSA) is 217 Å². The van der Waals surface area contributed by atoms with E-state index in [-0.39, 0.29) is 141 Å². The molecule has 16 atom stereocenters. The number of halogens is 2. The number of carbonyl (C=O) groups is 3. The molecule has 0 aliphatic heterocycles. The van der Waals surface area contributed by atoms with Gasteiger partial charge in [0.1, 0.15) is 11.9 Å². The number of aromatic nitrogens is 4. The van der Waals surface area contributed by atoms with Gasteiger partial charge in [0.05, 0.1) is 57.3 Å². The minimum Gasteiger partial charge on any atom is -1.00 e. The van der Waals surface area contributed by atoms with E-state index in [0.717, 1.165) is 82.0 Å². The molecular weight excluding hydrogens is 1090 g/mol. The van der Waals surface area contributed by atoms with Crippen molar-refractivity contribution in [2.24, 2.45) is 80.8 Å². The van der Waals surface area contributed by atoms with Gasteiger partial charge in [-0.3, -0.25) is 23.8 Å². The SMILES string of the molecule is C.COC[C@@]1(O)CC[C@@]2(C)[C@@H](CC[C@@H]3[C@@H]2CC[C@]2(C)[C@@H](C(=O)CBr)CC[C@@H]32)C1.COC[C@@]1(O)CC[C@@]2(C)[C@@H](CC[C@@H]3[C@@H]2CC[C@]2(C)[C@@H](C(=O)Cn4cnc(C#N)c4)CC[C@@H]32)C1.O=CO[O-].[2H]CF.[C-]#[N+]c1cnc[nH]1.[H-].[K+].[K+]. The number of alkyl halides is 2. The molecule has 0 bridgehead atoms. The number of H-pyrrole nitrogens is 1. The van der Waals surface area contributed by atoms with Gasteiger partial charge in [0.25, 0.3) is 6.47 Å². The molecule has 8 fully saturated rings. The number of fused-ring (bicyclic) bond motifs is 10. The van der Waals surface area contributed by atoms with Gasteiger partial charge in [-0.15, -0.1) is 0 Å². The summed E-state index contributed by atoms with van der Waals surface area (Å²) in [5.41, 5.74) is 0.0765. The number of nitrogens with zero attached hydrogens (tertiary/aromatic N) is 5. The van der Waals surface area contributed by atoms with Crippen molar-refractivity contribution in [1.29, 1.82) is 5.26 Å². The van der Waals surface area contributed by atoms with Crippen molar-refractivity contribution in [2.45, 2.75) is 168 Å². The number of hydrogen-bond acceptors (Lipinski definition) is 12. The third-order valence-corrected chi connectivity index (χ3v) is 21.7. The molecule has 0 spiro atoms. The van der Waals surface area contributed by atoms with Crippen LogP contribution in [0.3, 0.4) is 0 Å². The molecule has 8 aliphatic carbocycles.